The molecule has 3 heterocycles. The maximum atomic E-state index is 13.1. The summed E-state index contributed by atoms with van der Waals surface area (Å²) in [4.78, 5) is 21.8. The highest BCUT2D eigenvalue weighted by Gasteiger charge is 2.46. The van der Waals surface area contributed by atoms with Gasteiger partial charge in [-0.3, -0.25) is 4.79 Å². The van der Waals surface area contributed by atoms with Gasteiger partial charge in [0.05, 0.1) is 29.0 Å². The number of halogens is 2. The molecule has 0 spiro atoms. The second-order valence-electron chi connectivity index (χ2n) is 8.79. The first kappa shape index (κ1) is 21.4. The fourth-order valence-electron chi connectivity index (χ4n) is 4.20. The van der Waals surface area contributed by atoms with Crippen molar-refractivity contribution in [1.82, 2.24) is 24.9 Å². The predicted molar refractivity (Wildman–Crippen MR) is 120 cm³/mol. The number of hydrogen-bond donors (Lipinski definition) is 3. The van der Waals surface area contributed by atoms with Crippen LogP contribution < -0.4 is 16.4 Å². The number of nitrogens with two attached hydrogens (primary N) is 1. The Hall–Kier alpha value is -3.40. The van der Waals surface area contributed by atoms with E-state index >= 15 is 0 Å². The van der Waals surface area contributed by atoms with Gasteiger partial charge in [-0.1, -0.05) is 13.0 Å². The van der Waals surface area contributed by atoms with E-state index in [0.717, 1.165) is 28.8 Å². The number of nitrogens with one attached hydrogen (secondary N) is 2. The second kappa shape index (κ2) is 7.87. The summed E-state index contributed by atoms with van der Waals surface area (Å²) in [5.74, 6) is -2.57. The zero-order chi connectivity index (χ0) is 23.3. The minimum atomic E-state index is -2.70. The molecule has 4 N–H and O–H groups in total. The number of anilines is 1. The Kier molecular flexibility index (Phi) is 5.12. The van der Waals surface area contributed by atoms with Crippen LogP contribution in [0.1, 0.15) is 66.3 Å². The highest BCUT2D eigenvalue weighted by Crippen LogP contribution is 2.38. The molecule has 0 aliphatic heterocycles. The molecule has 5 rings (SSSR count). The second-order valence-corrected chi connectivity index (χ2v) is 8.79. The molecule has 2 aliphatic carbocycles. The Morgan fingerprint density at radius 1 is 1.36 bits per heavy atom. The molecule has 2 aliphatic rings. The Labute approximate surface area is 189 Å². The van der Waals surface area contributed by atoms with Crippen molar-refractivity contribution in [3.05, 3.63) is 59.2 Å². The Balaban J connectivity index is 1.43. The zero-order valence-electron chi connectivity index (χ0n) is 18.3. The van der Waals surface area contributed by atoms with E-state index < -0.39 is 17.9 Å². The van der Waals surface area contributed by atoms with Gasteiger partial charge in [0.2, 0.25) is 5.95 Å². The van der Waals surface area contributed by atoms with Crippen molar-refractivity contribution in [1.29, 1.82) is 0 Å². The number of carbonyl (C=O) groups excluding carboxylic acids is 1. The van der Waals surface area contributed by atoms with Crippen LogP contribution in [0.25, 0.3) is 11.1 Å². The van der Waals surface area contributed by atoms with Gasteiger partial charge in [0.25, 0.3) is 11.8 Å². The first-order valence-corrected chi connectivity index (χ1v) is 11.0. The average molecular weight is 453 g/mol. The van der Waals surface area contributed by atoms with Gasteiger partial charge in [-0.25, -0.2) is 23.3 Å². The quantitative estimate of drug-likeness (QED) is 0.528. The van der Waals surface area contributed by atoms with Crippen molar-refractivity contribution in [2.24, 2.45) is 5.73 Å². The third-order valence-electron chi connectivity index (χ3n) is 6.26. The maximum Gasteiger partial charge on any atom is 0.255 e. The number of nitrogens with zero attached hydrogens (tertiary/aromatic N) is 4. The molecule has 10 heteroatoms. The summed E-state index contributed by atoms with van der Waals surface area (Å²) in [6.45, 7) is 4.14. The molecule has 8 nitrogen and oxygen atoms in total. The normalized spacial score (nSPS) is 20.2. The van der Waals surface area contributed by atoms with Gasteiger partial charge < -0.3 is 16.4 Å². The molecule has 0 bridgehead atoms. The van der Waals surface area contributed by atoms with Crippen molar-refractivity contribution in [3.63, 3.8) is 0 Å². The predicted octanol–water partition coefficient (Wildman–Crippen LogP) is 3.31. The van der Waals surface area contributed by atoms with Crippen molar-refractivity contribution in [2.75, 3.05) is 5.32 Å². The molecule has 0 unspecified atom stereocenters. The summed E-state index contributed by atoms with van der Waals surface area (Å²) in [6.07, 6.45) is 7.16. The lowest BCUT2D eigenvalue weighted by Crippen LogP contribution is -2.50. The first-order valence-electron chi connectivity index (χ1n) is 11.0. The van der Waals surface area contributed by atoms with Crippen LogP contribution in [0.2, 0.25) is 0 Å². The highest BCUT2D eigenvalue weighted by atomic mass is 19.3. The first-order chi connectivity index (χ1) is 15.7. The number of pyridine rings is 1. The lowest BCUT2D eigenvalue weighted by Gasteiger charge is -2.35. The maximum absolute atomic E-state index is 13.1. The smallest absolute Gasteiger partial charge is 0.255 e. The topological polar surface area (TPSA) is 110 Å². The molecule has 1 amide bonds. The summed E-state index contributed by atoms with van der Waals surface area (Å²) in [7, 11) is 0. The molecular weight excluding hydrogens is 428 g/mol. The minimum Gasteiger partial charge on any atom is -0.352 e. The molecular formula is C23H25F2N7O. The van der Waals surface area contributed by atoms with Crippen molar-refractivity contribution >= 4 is 22.9 Å². The molecule has 1 fully saturated rings. The third kappa shape index (κ3) is 3.95. The van der Waals surface area contributed by atoms with Gasteiger partial charge in [0.1, 0.15) is 0 Å². The molecule has 33 heavy (non-hydrogen) atoms. The fourth-order valence-corrected chi connectivity index (χ4v) is 4.20. The van der Waals surface area contributed by atoms with Crippen LogP contribution in [-0.4, -0.2) is 43.5 Å². The number of amides is 1. The molecule has 3 aromatic heterocycles. The average Bonchev–Trinajstić information content (AvgIpc) is 3.33. The molecule has 0 aromatic carbocycles. The number of carbonyl (C=O) groups is 1. The molecule has 0 radical (unpaired) electrons. The molecule has 3 aromatic rings. The van der Waals surface area contributed by atoms with Crippen LogP contribution in [-0.2, 0) is 0 Å². The van der Waals surface area contributed by atoms with Gasteiger partial charge in [-0.15, -0.1) is 0 Å². The molecule has 0 saturated heterocycles. The number of fused-ring (bicyclic) bond motifs is 2. The van der Waals surface area contributed by atoms with E-state index in [9.17, 15) is 13.6 Å². The lowest BCUT2D eigenvalue weighted by atomic mass is 9.88. The van der Waals surface area contributed by atoms with Crippen LogP contribution in [0.3, 0.4) is 0 Å². The fraction of sp³-hybridized carbons (Fsp3) is 0.391. The Morgan fingerprint density at radius 2 is 2.15 bits per heavy atom. The zero-order valence-corrected chi connectivity index (χ0v) is 18.3. The van der Waals surface area contributed by atoms with Gasteiger partial charge in [-0.2, -0.15) is 5.10 Å². The van der Waals surface area contributed by atoms with Crippen LogP contribution in [0, 0.1) is 0 Å². The Morgan fingerprint density at radius 3 is 2.88 bits per heavy atom. The minimum absolute atomic E-state index is 0.244. The van der Waals surface area contributed by atoms with E-state index in [-0.39, 0.29) is 24.9 Å². The monoisotopic (exact) mass is 453 g/mol. The van der Waals surface area contributed by atoms with Gasteiger partial charge in [-0.05, 0) is 36.6 Å². The standard InChI is InChI=1S/C23H25F2N7O/c1-3-12(2)29-22-27-10-16-15(7-18(26)20(16)31-22)13-4-5-32-19(6-13)17(11-28-32)21(33)30-14-8-23(24,25)9-14/h4-7,10-12,14,18H,3,8-9,26H2,1-2H3,(H,30,33)(H,27,29,31)/t12-,18-/m0/s1. The molecule has 172 valence electrons. The van der Waals surface area contributed by atoms with Crippen LogP contribution in [0.15, 0.2) is 36.8 Å². The lowest BCUT2D eigenvalue weighted by molar-refractivity contribution is -0.0901. The SMILES string of the molecule is CC[C@H](C)Nc1ncc2c(n1)[C@@H](N)C=C2c1ccn2ncc(C(=O)NC3CC(F)(F)C3)c2c1. The Bertz CT molecular complexity index is 1260. The van der Waals surface area contributed by atoms with Crippen molar-refractivity contribution in [2.45, 2.75) is 57.2 Å². The van der Waals surface area contributed by atoms with E-state index in [2.05, 4.69) is 39.5 Å². The van der Waals surface area contributed by atoms with E-state index in [1.54, 1.807) is 16.9 Å². The number of rotatable bonds is 6. The van der Waals surface area contributed by atoms with Gasteiger partial charge in [0, 0.05) is 42.9 Å². The number of aromatic nitrogens is 4. The van der Waals surface area contributed by atoms with Crippen LogP contribution >= 0.6 is 0 Å². The highest BCUT2D eigenvalue weighted by molar-refractivity contribution is 6.01. The van der Waals surface area contributed by atoms with Crippen LogP contribution in [0.5, 0.6) is 0 Å². The molecule has 1 saturated carbocycles. The largest absolute Gasteiger partial charge is 0.352 e. The summed E-state index contributed by atoms with van der Waals surface area (Å²) < 4.78 is 27.8. The van der Waals surface area contributed by atoms with Crippen LogP contribution in [0.4, 0.5) is 14.7 Å². The van der Waals surface area contributed by atoms with E-state index in [1.165, 1.54) is 6.20 Å². The van der Waals surface area contributed by atoms with Crippen molar-refractivity contribution < 1.29 is 13.6 Å². The van der Waals surface area contributed by atoms with Gasteiger partial charge in [0.15, 0.2) is 0 Å². The summed E-state index contributed by atoms with van der Waals surface area (Å²) >= 11 is 0. The van der Waals surface area contributed by atoms with E-state index in [1.807, 2.05) is 18.2 Å². The number of alkyl halides is 2. The summed E-state index contributed by atoms with van der Waals surface area (Å²) in [5.41, 5.74) is 10.5. The summed E-state index contributed by atoms with van der Waals surface area (Å²) in [6, 6.07) is 3.07. The van der Waals surface area contributed by atoms with Crippen molar-refractivity contribution in [3.8, 4) is 0 Å². The molecule has 2 atom stereocenters. The van der Waals surface area contributed by atoms with E-state index in [0.29, 0.717) is 17.0 Å². The van der Waals surface area contributed by atoms with Gasteiger partial charge >= 0.3 is 0 Å². The van der Waals surface area contributed by atoms with E-state index in [4.69, 9.17) is 5.73 Å². The third-order valence-corrected chi connectivity index (χ3v) is 6.26. The number of hydrogen-bond acceptors (Lipinski definition) is 6. The summed E-state index contributed by atoms with van der Waals surface area (Å²) in [5, 5.41) is 10.2.